The number of β-amino-alcohol motifs (C(OH)–C–C–N with tert-alkyl or cyclic N) is 1. The molecule has 2 saturated heterocycles. The fraction of sp³-hybridized carbons (Fsp3) is 0.714. The minimum Gasteiger partial charge on any atom is -0.493 e. The van der Waals surface area contributed by atoms with E-state index in [9.17, 15) is 15.3 Å². The van der Waals surface area contributed by atoms with Gasteiger partial charge in [-0.25, -0.2) is 0 Å². The van der Waals surface area contributed by atoms with Crippen molar-refractivity contribution in [2.75, 3.05) is 46.4 Å². The number of rotatable bonds is 8. The van der Waals surface area contributed by atoms with E-state index in [0.29, 0.717) is 18.0 Å². The lowest BCUT2D eigenvalue weighted by Crippen LogP contribution is -2.41. The van der Waals surface area contributed by atoms with Crippen LogP contribution < -0.4 is 9.47 Å². The van der Waals surface area contributed by atoms with Crippen molar-refractivity contribution < 1.29 is 24.8 Å². The van der Waals surface area contributed by atoms with Crippen LogP contribution in [0.4, 0.5) is 0 Å². The minimum atomic E-state index is -0.584. The lowest BCUT2D eigenvalue weighted by molar-refractivity contribution is 0.0333. The molecule has 2 fully saturated rings. The van der Waals surface area contributed by atoms with Gasteiger partial charge in [0.05, 0.1) is 19.3 Å². The third kappa shape index (κ3) is 6.32. The maximum atomic E-state index is 10.3. The van der Waals surface area contributed by atoms with E-state index in [1.54, 1.807) is 7.11 Å². The first-order valence-corrected chi connectivity index (χ1v) is 10.3. The van der Waals surface area contributed by atoms with Crippen molar-refractivity contribution >= 4 is 0 Å². The zero-order valence-electron chi connectivity index (χ0n) is 16.8. The van der Waals surface area contributed by atoms with Gasteiger partial charge in [0.2, 0.25) is 0 Å². The first-order valence-electron chi connectivity index (χ1n) is 10.3. The van der Waals surface area contributed by atoms with Gasteiger partial charge in [0.1, 0.15) is 12.7 Å². The Morgan fingerprint density at radius 3 is 2.18 bits per heavy atom. The molecule has 2 aliphatic rings. The molecule has 0 amide bonds. The predicted molar refractivity (Wildman–Crippen MR) is 107 cm³/mol. The zero-order valence-corrected chi connectivity index (χ0v) is 16.8. The summed E-state index contributed by atoms with van der Waals surface area (Å²) in [4.78, 5) is 4.50. The molecule has 0 radical (unpaired) electrons. The van der Waals surface area contributed by atoms with Gasteiger partial charge >= 0.3 is 0 Å². The Labute approximate surface area is 167 Å². The standard InChI is InChI=1S/C21H34N2O5/c1-27-21-12-16(13-22-8-4-17(24)5-9-22)2-3-20(21)28-15-19(26)14-23-10-6-18(25)7-11-23/h2-3,12,17-19,24-26H,4-11,13-15H2,1H3/t19-/m1/s1. The third-order valence-corrected chi connectivity index (χ3v) is 5.65. The lowest BCUT2D eigenvalue weighted by Gasteiger charge is -2.31. The van der Waals surface area contributed by atoms with Crippen molar-refractivity contribution in [3.05, 3.63) is 23.8 Å². The van der Waals surface area contributed by atoms with Crippen molar-refractivity contribution in [2.45, 2.75) is 50.5 Å². The van der Waals surface area contributed by atoms with Crippen LogP contribution in [0.1, 0.15) is 31.2 Å². The monoisotopic (exact) mass is 394 g/mol. The number of aliphatic hydroxyl groups is 3. The summed E-state index contributed by atoms with van der Waals surface area (Å²) in [6.07, 6.45) is 2.22. The molecule has 1 aromatic carbocycles. The molecule has 3 N–H and O–H groups in total. The molecular formula is C21H34N2O5. The van der Waals surface area contributed by atoms with Crippen LogP contribution in [0.3, 0.4) is 0 Å². The van der Waals surface area contributed by atoms with Crippen LogP contribution in [0, 0.1) is 0 Å². The molecule has 3 rings (SSSR count). The number of ether oxygens (including phenoxy) is 2. The van der Waals surface area contributed by atoms with E-state index in [1.165, 1.54) is 0 Å². The van der Waals surface area contributed by atoms with Crippen molar-refractivity contribution in [1.29, 1.82) is 0 Å². The largest absolute Gasteiger partial charge is 0.493 e. The quantitative estimate of drug-likeness (QED) is 0.603. The summed E-state index contributed by atoms with van der Waals surface area (Å²) in [7, 11) is 1.62. The van der Waals surface area contributed by atoms with Gasteiger partial charge in [-0.15, -0.1) is 0 Å². The van der Waals surface area contributed by atoms with Crippen molar-refractivity contribution in [2.24, 2.45) is 0 Å². The van der Waals surface area contributed by atoms with E-state index in [1.807, 2.05) is 18.2 Å². The van der Waals surface area contributed by atoms with Crippen LogP contribution in [0.2, 0.25) is 0 Å². The van der Waals surface area contributed by atoms with Crippen molar-refractivity contribution in [1.82, 2.24) is 9.80 Å². The lowest BCUT2D eigenvalue weighted by atomic mass is 10.1. The van der Waals surface area contributed by atoms with Crippen LogP contribution in [0.25, 0.3) is 0 Å². The molecule has 158 valence electrons. The van der Waals surface area contributed by atoms with E-state index in [-0.39, 0.29) is 18.8 Å². The molecule has 1 aromatic rings. The Morgan fingerprint density at radius 2 is 1.57 bits per heavy atom. The van der Waals surface area contributed by atoms with E-state index in [2.05, 4.69) is 9.80 Å². The highest BCUT2D eigenvalue weighted by atomic mass is 16.5. The van der Waals surface area contributed by atoms with E-state index < -0.39 is 6.10 Å². The van der Waals surface area contributed by atoms with Crippen LogP contribution in [0.15, 0.2) is 18.2 Å². The molecule has 7 heteroatoms. The zero-order chi connectivity index (χ0) is 19.9. The second-order valence-electron chi connectivity index (χ2n) is 7.99. The van der Waals surface area contributed by atoms with Gasteiger partial charge in [-0.1, -0.05) is 6.07 Å². The normalized spacial score (nSPS) is 21.6. The molecule has 2 heterocycles. The van der Waals surface area contributed by atoms with Gasteiger partial charge in [0.25, 0.3) is 0 Å². The van der Waals surface area contributed by atoms with Gasteiger partial charge in [-0.05, 0) is 43.4 Å². The van der Waals surface area contributed by atoms with Crippen LogP contribution in [-0.2, 0) is 6.54 Å². The van der Waals surface area contributed by atoms with Gasteiger partial charge in [-0.2, -0.15) is 0 Å². The first kappa shape index (κ1) is 21.3. The summed E-state index contributed by atoms with van der Waals surface area (Å²) < 4.78 is 11.3. The average Bonchev–Trinajstić information content (AvgIpc) is 2.70. The second-order valence-corrected chi connectivity index (χ2v) is 7.99. The Morgan fingerprint density at radius 1 is 0.964 bits per heavy atom. The van der Waals surface area contributed by atoms with Crippen molar-refractivity contribution in [3.63, 3.8) is 0 Å². The molecule has 0 unspecified atom stereocenters. The first-order chi connectivity index (χ1) is 13.5. The second kappa shape index (κ2) is 10.4. The topological polar surface area (TPSA) is 85.6 Å². The molecule has 7 nitrogen and oxygen atoms in total. The van der Waals surface area contributed by atoms with Gasteiger partial charge in [-0.3, -0.25) is 4.90 Å². The maximum Gasteiger partial charge on any atom is 0.161 e. The average molecular weight is 395 g/mol. The summed E-state index contributed by atoms with van der Waals surface area (Å²) in [6.45, 7) is 5.01. The highest BCUT2D eigenvalue weighted by Crippen LogP contribution is 2.29. The van der Waals surface area contributed by atoms with E-state index in [4.69, 9.17) is 9.47 Å². The number of benzene rings is 1. The number of aliphatic hydroxyl groups excluding tert-OH is 3. The molecule has 0 saturated carbocycles. The number of likely N-dealkylation sites (tertiary alicyclic amines) is 2. The van der Waals surface area contributed by atoms with E-state index >= 15 is 0 Å². The molecule has 28 heavy (non-hydrogen) atoms. The summed E-state index contributed by atoms with van der Waals surface area (Å²) in [5.41, 5.74) is 1.15. The molecule has 0 spiro atoms. The molecule has 2 aliphatic heterocycles. The minimum absolute atomic E-state index is 0.164. The SMILES string of the molecule is COc1cc(CN2CCC(O)CC2)ccc1OC[C@H](O)CN1CCC(O)CC1. The Balaban J connectivity index is 1.48. The van der Waals surface area contributed by atoms with Crippen LogP contribution in [-0.4, -0.2) is 89.9 Å². The van der Waals surface area contributed by atoms with Gasteiger partial charge < -0.3 is 29.7 Å². The number of hydrogen-bond acceptors (Lipinski definition) is 7. The Kier molecular flexibility index (Phi) is 7.93. The van der Waals surface area contributed by atoms with Crippen LogP contribution in [0.5, 0.6) is 11.5 Å². The fourth-order valence-electron chi connectivity index (χ4n) is 3.90. The number of methoxy groups -OCH3 is 1. The maximum absolute atomic E-state index is 10.3. The summed E-state index contributed by atoms with van der Waals surface area (Å²) >= 11 is 0. The van der Waals surface area contributed by atoms with Crippen molar-refractivity contribution in [3.8, 4) is 11.5 Å². The smallest absolute Gasteiger partial charge is 0.161 e. The molecular weight excluding hydrogens is 360 g/mol. The molecule has 0 aromatic heterocycles. The fourth-order valence-corrected chi connectivity index (χ4v) is 3.90. The van der Waals surface area contributed by atoms with Gasteiger partial charge in [0.15, 0.2) is 11.5 Å². The molecule has 0 bridgehead atoms. The van der Waals surface area contributed by atoms with Gasteiger partial charge in [0, 0.05) is 39.3 Å². The molecule has 0 aliphatic carbocycles. The highest BCUT2D eigenvalue weighted by Gasteiger charge is 2.20. The summed E-state index contributed by atoms with van der Waals surface area (Å²) in [5.74, 6) is 1.30. The van der Waals surface area contributed by atoms with E-state index in [0.717, 1.165) is 64.0 Å². The summed E-state index contributed by atoms with van der Waals surface area (Å²) in [5, 5.41) is 29.5. The third-order valence-electron chi connectivity index (χ3n) is 5.65. The number of hydrogen-bond donors (Lipinski definition) is 3. The Bertz CT molecular complexity index is 598. The summed E-state index contributed by atoms with van der Waals surface area (Å²) in [6, 6.07) is 5.91. The molecule has 1 atom stereocenters. The highest BCUT2D eigenvalue weighted by molar-refractivity contribution is 5.43. The Hall–Kier alpha value is -1.38. The number of nitrogens with zero attached hydrogens (tertiary/aromatic N) is 2. The number of piperidine rings is 2. The van der Waals surface area contributed by atoms with Crippen LogP contribution >= 0.6 is 0 Å². The predicted octanol–water partition coefficient (Wildman–Crippen LogP) is 0.848.